The van der Waals surface area contributed by atoms with Crippen molar-refractivity contribution in [1.29, 1.82) is 0 Å². The second-order valence-electron chi connectivity index (χ2n) is 4.81. The highest BCUT2D eigenvalue weighted by Gasteiger charge is 2.05. The number of nitrogens with zero attached hydrogens (tertiary/aromatic N) is 2. The van der Waals surface area contributed by atoms with E-state index in [1.54, 1.807) is 6.33 Å². The molecule has 1 N–H and O–H groups in total. The molecule has 0 aliphatic heterocycles. The lowest BCUT2D eigenvalue weighted by molar-refractivity contribution is 0.607. The van der Waals surface area contributed by atoms with Crippen LogP contribution in [0.1, 0.15) is 25.5 Å². The molecule has 0 unspecified atom stereocenters. The molecular formula is C16H19N3. The van der Waals surface area contributed by atoms with Crippen LogP contribution >= 0.6 is 0 Å². The van der Waals surface area contributed by atoms with Gasteiger partial charge in [-0.1, -0.05) is 36.4 Å². The maximum atomic E-state index is 4.03. The van der Waals surface area contributed by atoms with Gasteiger partial charge in [0.25, 0.3) is 0 Å². The Kier molecular flexibility index (Phi) is 4.42. The molecule has 0 saturated carbocycles. The average Bonchev–Trinajstić information content (AvgIpc) is 2.46. The molecule has 2 aromatic rings. The van der Waals surface area contributed by atoms with E-state index in [9.17, 15) is 0 Å². The van der Waals surface area contributed by atoms with Gasteiger partial charge in [-0.15, -0.1) is 0 Å². The van der Waals surface area contributed by atoms with Crippen molar-refractivity contribution in [3.63, 3.8) is 0 Å². The molecule has 0 aliphatic carbocycles. The first-order chi connectivity index (χ1) is 9.16. The third-order valence-electron chi connectivity index (χ3n) is 3.01. The van der Waals surface area contributed by atoms with E-state index >= 15 is 0 Å². The van der Waals surface area contributed by atoms with Gasteiger partial charge in [0.05, 0.1) is 0 Å². The maximum Gasteiger partial charge on any atom is 0.115 e. The van der Waals surface area contributed by atoms with Gasteiger partial charge in [0.1, 0.15) is 6.33 Å². The summed E-state index contributed by atoms with van der Waals surface area (Å²) in [6, 6.07) is 8.80. The summed E-state index contributed by atoms with van der Waals surface area (Å²) >= 11 is 0. The Bertz CT molecular complexity index is 532. The molecule has 0 bridgehead atoms. The fraction of sp³-hybridized carbons (Fsp3) is 0.250. The Labute approximate surface area is 114 Å². The van der Waals surface area contributed by atoms with Gasteiger partial charge in [-0.3, -0.25) is 0 Å². The zero-order valence-electron chi connectivity index (χ0n) is 11.4. The molecule has 19 heavy (non-hydrogen) atoms. The summed E-state index contributed by atoms with van der Waals surface area (Å²) in [6.45, 7) is 8.92. The summed E-state index contributed by atoms with van der Waals surface area (Å²) in [5.74, 6) is 0. The smallest absolute Gasteiger partial charge is 0.115 e. The van der Waals surface area contributed by atoms with Crippen LogP contribution in [0.5, 0.6) is 0 Å². The zero-order chi connectivity index (χ0) is 13.7. The van der Waals surface area contributed by atoms with Gasteiger partial charge in [0.15, 0.2) is 0 Å². The topological polar surface area (TPSA) is 37.8 Å². The first kappa shape index (κ1) is 13.4. The van der Waals surface area contributed by atoms with Crippen molar-refractivity contribution >= 4 is 0 Å². The third-order valence-corrected chi connectivity index (χ3v) is 3.01. The Hall–Kier alpha value is -2.00. The lowest BCUT2D eigenvalue weighted by atomic mass is 10.0. The van der Waals surface area contributed by atoms with Gasteiger partial charge in [0.2, 0.25) is 0 Å². The zero-order valence-corrected chi connectivity index (χ0v) is 11.4. The van der Waals surface area contributed by atoms with Gasteiger partial charge in [0, 0.05) is 30.5 Å². The van der Waals surface area contributed by atoms with Crippen molar-refractivity contribution in [3.8, 4) is 11.1 Å². The summed E-state index contributed by atoms with van der Waals surface area (Å²) in [6.07, 6.45) is 5.19. The number of aromatic nitrogens is 2. The summed E-state index contributed by atoms with van der Waals surface area (Å²) in [5.41, 5.74) is 4.58. The lowest BCUT2D eigenvalue weighted by Gasteiger charge is -2.14. The molecule has 2 rings (SSSR count). The fourth-order valence-corrected chi connectivity index (χ4v) is 1.86. The monoisotopic (exact) mass is 253 g/mol. The van der Waals surface area contributed by atoms with Crippen LogP contribution in [0.4, 0.5) is 0 Å². The van der Waals surface area contributed by atoms with Crippen LogP contribution in [0.2, 0.25) is 0 Å². The maximum absolute atomic E-state index is 4.03. The Morgan fingerprint density at radius 3 is 2.37 bits per heavy atom. The minimum Gasteiger partial charge on any atom is -0.306 e. The minimum atomic E-state index is 0.317. The molecule has 0 aliphatic rings. The molecule has 3 nitrogen and oxygen atoms in total. The second kappa shape index (κ2) is 6.25. The number of hydrogen-bond donors (Lipinski definition) is 1. The Balaban J connectivity index is 2.08. The van der Waals surface area contributed by atoms with E-state index in [2.05, 4.69) is 53.1 Å². The molecule has 0 saturated heterocycles. The highest BCUT2D eigenvalue weighted by molar-refractivity contribution is 5.61. The van der Waals surface area contributed by atoms with E-state index in [1.807, 2.05) is 19.3 Å². The van der Waals surface area contributed by atoms with E-state index in [4.69, 9.17) is 0 Å². The molecule has 1 aromatic carbocycles. The Morgan fingerprint density at radius 2 is 1.79 bits per heavy atom. The lowest BCUT2D eigenvalue weighted by Crippen LogP contribution is -2.20. The van der Waals surface area contributed by atoms with Crippen molar-refractivity contribution in [1.82, 2.24) is 15.3 Å². The molecule has 98 valence electrons. The van der Waals surface area contributed by atoms with Crippen LogP contribution in [0.25, 0.3) is 11.1 Å². The van der Waals surface area contributed by atoms with Crippen LogP contribution in [-0.2, 0) is 0 Å². The van der Waals surface area contributed by atoms with Gasteiger partial charge >= 0.3 is 0 Å². The standard InChI is InChI=1S/C16H19N3/c1-12(2)8-19-13(3)14-4-6-15(7-5-14)16-9-17-11-18-10-16/h4-7,9-11,13,19H,1,8H2,2-3H3/t13-/m1/s1. The summed E-state index contributed by atoms with van der Waals surface area (Å²) in [5, 5.41) is 3.43. The molecule has 0 fully saturated rings. The fourth-order valence-electron chi connectivity index (χ4n) is 1.86. The molecule has 1 aromatic heterocycles. The van der Waals surface area contributed by atoms with Crippen LogP contribution in [-0.4, -0.2) is 16.5 Å². The van der Waals surface area contributed by atoms with Gasteiger partial charge < -0.3 is 5.32 Å². The third kappa shape index (κ3) is 3.73. The van der Waals surface area contributed by atoms with E-state index in [-0.39, 0.29) is 0 Å². The predicted octanol–water partition coefficient (Wildman–Crippen LogP) is 3.37. The van der Waals surface area contributed by atoms with Crippen molar-refractivity contribution in [2.45, 2.75) is 19.9 Å². The average molecular weight is 253 g/mol. The molecular weight excluding hydrogens is 234 g/mol. The van der Waals surface area contributed by atoms with Crippen LogP contribution in [0.3, 0.4) is 0 Å². The van der Waals surface area contributed by atoms with Crippen LogP contribution in [0.15, 0.2) is 55.1 Å². The van der Waals surface area contributed by atoms with Crippen molar-refractivity contribution in [2.75, 3.05) is 6.54 Å². The van der Waals surface area contributed by atoms with Crippen molar-refractivity contribution < 1.29 is 0 Å². The summed E-state index contributed by atoms with van der Waals surface area (Å²) in [7, 11) is 0. The normalized spacial score (nSPS) is 12.1. The predicted molar refractivity (Wildman–Crippen MR) is 78.7 cm³/mol. The van der Waals surface area contributed by atoms with Crippen LogP contribution < -0.4 is 5.32 Å². The molecule has 0 radical (unpaired) electrons. The molecule has 1 atom stereocenters. The van der Waals surface area contributed by atoms with Gasteiger partial charge in [-0.25, -0.2) is 9.97 Å². The highest BCUT2D eigenvalue weighted by Crippen LogP contribution is 2.20. The largest absolute Gasteiger partial charge is 0.306 e. The summed E-state index contributed by atoms with van der Waals surface area (Å²) in [4.78, 5) is 8.07. The molecule has 3 heteroatoms. The highest BCUT2D eigenvalue weighted by atomic mass is 14.9. The first-order valence-electron chi connectivity index (χ1n) is 6.40. The Morgan fingerprint density at radius 1 is 1.16 bits per heavy atom. The van der Waals surface area contributed by atoms with Crippen molar-refractivity contribution in [3.05, 3.63) is 60.7 Å². The minimum absolute atomic E-state index is 0.317. The number of hydrogen-bond acceptors (Lipinski definition) is 3. The van der Waals surface area contributed by atoms with E-state index < -0.39 is 0 Å². The van der Waals surface area contributed by atoms with E-state index in [0.717, 1.165) is 23.2 Å². The quantitative estimate of drug-likeness (QED) is 0.830. The van der Waals surface area contributed by atoms with E-state index in [1.165, 1.54) is 5.56 Å². The van der Waals surface area contributed by atoms with Crippen molar-refractivity contribution in [2.24, 2.45) is 0 Å². The van der Waals surface area contributed by atoms with Gasteiger partial charge in [-0.05, 0) is 25.0 Å². The molecule has 0 amide bonds. The SMILES string of the molecule is C=C(C)CN[C@H](C)c1ccc(-c2cncnc2)cc1. The number of nitrogens with one attached hydrogen (secondary N) is 1. The second-order valence-corrected chi connectivity index (χ2v) is 4.81. The number of rotatable bonds is 5. The molecule has 0 spiro atoms. The summed E-state index contributed by atoms with van der Waals surface area (Å²) < 4.78 is 0. The van der Waals surface area contributed by atoms with Gasteiger partial charge in [-0.2, -0.15) is 0 Å². The van der Waals surface area contributed by atoms with Crippen LogP contribution in [0, 0.1) is 0 Å². The number of benzene rings is 1. The first-order valence-corrected chi connectivity index (χ1v) is 6.40. The molecule has 1 heterocycles. The van der Waals surface area contributed by atoms with E-state index in [0.29, 0.717) is 6.04 Å².